The molecule has 0 atom stereocenters. The van der Waals surface area contributed by atoms with E-state index in [2.05, 4.69) is 37.4 Å². The number of thiophene rings is 1. The second kappa shape index (κ2) is 4.90. The minimum absolute atomic E-state index is 0.573. The highest BCUT2D eigenvalue weighted by molar-refractivity contribution is 7.10. The van der Waals surface area contributed by atoms with E-state index in [0.717, 1.165) is 5.75 Å². The molecule has 2 rings (SSSR count). The highest BCUT2D eigenvalue weighted by Crippen LogP contribution is 2.38. The third-order valence-electron chi connectivity index (χ3n) is 2.86. The van der Waals surface area contributed by atoms with E-state index >= 15 is 0 Å². The second-order valence-electron chi connectivity index (χ2n) is 4.12. The molecule has 0 aliphatic carbocycles. The van der Waals surface area contributed by atoms with Crippen LogP contribution in [0.1, 0.15) is 16.0 Å². The van der Waals surface area contributed by atoms with Gasteiger partial charge in [-0.25, -0.2) is 0 Å². The van der Waals surface area contributed by atoms with Crippen molar-refractivity contribution >= 4 is 11.3 Å². The Morgan fingerprint density at radius 2 is 2.06 bits per heavy atom. The molecule has 0 amide bonds. The average Bonchev–Trinajstić information content (AvgIpc) is 2.75. The maximum absolute atomic E-state index is 5.77. The summed E-state index contributed by atoms with van der Waals surface area (Å²) in [6, 6.07) is 6.36. The molecule has 90 valence electrons. The van der Waals surface area contributed by atoms with Crippen LogP contribution in [0.2, 0.25) is 0 Å². The van der Waals surface area contributed by atoms with Crippen molar-refractivity contribution in [1.82, 2.24) is 0 Å². The summed E-state index contributed by atoms with van der Waals surface area (Å²) < 4.78 is 5.49. The summed E-state index contributed by atoms with van der Waals surface area (Å²) in [5.74, 6) is 0.926. The lowest BCUT2D eigenvalue weighted by Crippen LogP contribution is -1.98. The van der Waals surface area contributed by atoms with Gasteiger partial charge in [0.25, 0.3) is 0 Å². The second-order valence-corrected chi connectivity index (χ2v) is 5.12. The zero-order valence-electron chi connectivity index (χ0n) is 10.4. The summed E-state index contributed by atoms with van der Waals surface area (Å²) in [6.45, 7) is 4.77. The fraction of sp³-hybridized carbons (Fsp3) is 0.286. The van der Waals surface area contributed by atoms with Crippen LogP contribution in [0.25, 0.3) is 11.1 Å². The lowest BCUT2D eigenvalue weighted by Gasteiger charge is -2.13. The highest BCUT2D eigenvalue weighted by atomic mass is 32.1. The van der Waals surface area contributed by atoms with E-state index in [1.54, 1.807) is 18.4 Å². The molecular formula is C14H17NOS. The molecule has 1 heterocycles. The Morgan fingerprint density at radius 3 is 2.71 bits per heavy atom. The standard InChI is InChI=1S/C14H17NOS/c1-9-6-10(2)14(12(7-9)16-3)11-4-5-17-13(11)8-15/h4-7H,8,15H2,1-3H3. The number of aryl methyl sites for hydroxylation is 2. The van der Waals surface area contributed by atoms with Gasteiger partial charge in [-0.2, -0.15) is 0 Å². The van der Waals surface area contributed by atoms with Crippen LogP contribution >= 0.6 is 11.3 Å². The molecule has 0 saturated carbocycles. The van der Waals surface area contributed by atoms with Gasteiger partial charge >= 0.3 is 0 Å². The number of methoxy groups -OCH3 is 1. The van der Waals surface area contributed by atoms with E-state index in [1.807, 2.05) is 0 Å². The van der Waals surface area contributed by atoms with Gasteiger partial charge in [0.15, 0.2) is 0 Å². The summed E-state index contributed by atoms with van der Waals surface area (Å²) >= 11 is 1.70. The van der Waals surface area contributed by atoms with Crippen molar-refractivity contribution in [3.8, 4) is 16.9 Å². The van der Waals surface area contributed by atoms with Gasteiger partial charge < -0.3 is 10.5 Å². The maximum atomic E-state index is 5.77. The number of ether oxygens (including phenoxy) is 1. The Hall–Kier alpha value is -1.32. The Morgan fingerprint density at radius 1 is 1.29 bits per heavy atom. The van der Waals surface area contributed by atoms with Gasteiger partial charge in [-0.1, -0.05) is 6.07 Å². The average molecular weight is 247 g/mol. The molecule has 0 aliphatic rings. The number of nitrogens with two attached hydrogens (primary N) is 1. The van der Waals surface area contributed by atoms with Crippen LogP contribution in [-0.4, -0.2) is 7.11 Å². The summed E-state index contributed by atoms with van der Waals surface area (Å²) in [4.78, 5) is 1.20. The largest absolute Gasteiger partial charge is 0.496 e. The predicted molar refractivity (Wildman–Crippen MR) is 73.7 cm³/mol. The number of benzene rings is 1. The van der Waals surface area contributed by atoms with E-state index in [4.69, 9.17) is 10.5 Å². The summed E-state index contributed by atoms with van der Waals surface area (Å²) in [7, 11) is 1.71. The minimum Gasteiger partial charge on any atom is -0.496 e. The summed E-state index contributed by atoms with van der Waals surface area (Å²) in [5, 5.41) is 2.08. The first-order chi connectivity index (χ1) is 8.17. The fourth-order valence-electron chi connectivity index (χ4n) is 2.16. The first-order valence-corrected chi connectivity index (χ1v) is 6.47. The third kappa shape index (κ3) is 2.21. The van der Waals surface area contributed by atoms with Crippen molar-refractivity contribution in [2.45, 2.75) is 20.4 Å². The number of rotatable bonds is 3. The molecule has 0 bridgehead atoms. The molecule has 0 spiro atoms. The monoisotopic (exact) mass is 247 g/mol. The van der Waals surface area contributed by atoms with Crippen LogP contribution in [0.5, 0.6) is 5.75 Å². The topological polar surface area (TPSA) is 35.2 Å². The quantitative estimate of drug-likeness (QED) is 0.901. The Bertz CT molecular complexity index is 531. The Balaban J connectivity index is 2.66. The SMILES string of the molecule is COc1cc(C)cc(C)c1-c1ccsc1CN. The van der Waals surface area contributed by atoms with Crippen LogP contribution in [0, 0.1) is 13.8 Å². The van der Waals surface area contributed by atoms with Crippen molar-refractivity contribution in [3.05, 3.63) is 39.6 Å². The molecule has 1 aromatic carbocycles. The normalized spacial score (nSPS) is 10.6. The van der Waals surface area contributed by atoms with Gasteiger partial charge in [-0.15, -0.1) is 11.3 Å². The molecular weight excluding hydrogens is 230 g/mol. The van der Waals surface area contributed by atoms with E-state index in [1.165, 1.54) is 27.1 Å². The van der Waals surface area contributed by atoms with Gasteiger partial charge in [-0.3, -0.25) is 0 Å². The van der Waals surface area contributed by atoms with Crippen molar-refractivity contribution in [2.75, 3.05) is 7.11 Å². The van der Waals surface area contributed by atoms with Crippen LogP contribution in [0.15, 0.2) is 23.6 Å². The fourth-order valence-corrected chi connectivity index (χ4v) is 2.92. The van der Waals surface area contributed by atoms with Gasteiger partial charge in [0.2, 0.25) is 0 Å². The first kappa shape index (κ1) is 12.1. The van der Waals surface area contributed by atoms with Gasteiger partial charge in [-0.05, 0) is 42.5 Å². The van der Waals surface area contributed by atoms with Crippen molar-refractivity contribution < 1.29 is 4.74 Å². The van der Waals surface area contributed by atoms with E-state index in [-0.39, 0.29) is 0 Å². The zero-order valence-corrected chi connectivity index (χ0v) is 11.2. The van der Waals surface area contributed by atoms with Crippen LogP contribution in [0.4, 0.5) is 0 Å². The number of hydrogen-bond donors (Lipinski definition) is 1. The molecule has 2 aromatic rings. The van der Waals surface area contributed by atoms with Crippen molar-refractivity contribution in [2.24, 2.45) is 5.73 Å². The molecule has 0 radical (unpaired) electrons. The Kier molecular flexibility index (Phi) is 3.50. The van der Waals surface area contributed by atoms with Crippen molar-refractivity contribution in [1.29, 1.82) is 0 Å². The zero-order chi connectivity index (χ0) is 12.4. The molecule has 0 unspecified atom stereocenters. The molecule has 0 fully saturated rings. The van der Waals surface area contributed by atoms with Crippen molar-refractivity contribution in [3.63, 3.8) is 0 Å². The highest BCUT2D eigenvalue weighted by Gasteiger charge is 2.14. The van der Waals surface area contributed by atoms with Crippen LogP contribution in [0.3, 0.4) is 0 Å². The van der Waals surface area contributed by atoms with E-state index < -0.39 is 0 Å². The molecule has 2 N–H and O–H groups in total. The molecule has 3 heteroatoms. The first-order valence-electron chi connectivity index (χ1n) is 5.59. The summed E-state index contributed by atoms with van der Waals surface area (Å²) in [5.41, 5.74) is 10.6. The lowest BCUT2D eigenvalue weighted by atomic mass is 9.98. The lowest BCUT2D eigenvalue weighted by molar-refractivity contribution is 0.416. The summed E-state index contributed by atoms with van der Waals surface area (Å²) in [6.07, 6.45) is 0. The molecule has 2 nitrogen and oxygen atoms in total. The third-order valence-corrected chi connectivity index (χ3v) is 3.81. The molecule has 1 aromatic heterocycles. The maximum Gasteiger partial charge on any atom is 0.127 e. The molecule has 0 saturated heterocycles. The molecule has 17 heavy (non-hydrogen) atoms. The van der Waals surface area contributed by atoms with Gasteiger partial charge in [0.1, 0.15) is 5.75 Å². The van der Waals surface area contributed by atoms with Crippen LogP contribution in [-0.2, 0) is 6.54 Å². The van der Waals surface area contributed by atoms with Gasteiger partial charge in [0, 0.05) is 22.5 Å². The minimum atomic E-state index is 0.573. The van der Waals surface area contributed by atoms with E-state index in [9.17, 15) is 0 Å². The van der Waals surface area contributed by atoms with E-state index in [0.29, 0.717) is 6.54 Å². The van der Waals surface area contributed by atoms with Gasteiger partial charge in [0.05, 0.1) is 7.11 Å². The molecule has 0 aliphatic heterocycles. The van der Waals surface area contributed by atoms with Crippen LogP contribution < -0.4 is 10.5 Å². The smallest absolute Gasteiger partial charge is 0.127 e. The number of hydrogen-bond acceptors (Lipinski definition) is 3. The Labute approximate surface area is 106 Å². The predicted octanol–water partition coefficient (Wildman–Crippen LogP) is 3.50.